The third-order valence-corrected chi connectivity index (χ3v) is 3.46. The van der Waals surface area contributed by atoms with Gasteiger partial charge in [-0.2, -0.15) is 0 Å². The molecule has 1 saturated heterocycles. The van der Waals surface area contributed by atoms with Crippen molar-refractivity contribution in [1.29, 1.82) is 0 Å². The molecule has 0 bridgehead atoms. The normalized spacial score (nSPS) is 36.5. The highest BCUT2D eigenvalue weighted by Gasteiger charge is 2.36. The van der Waals surface area contributed by atoms with E-state index in [4.69, 9.17) is 5.73 Å². The van der Waals surface area contributed by atoms with Gasteiger partial charge in [0.2, 0.25) is 0 Å². The molecule has 0 amide bonds. The average Bonchev–Trinajstić information content (AvgIpc) is 2.88. The molecule has 1 aliphatic carbocycles. The van der Waals surface area contributed by atoms with E-state index < -0.39 is 0 Å². The first kappa shape index (κ1) is 9.44. The molecule has 2 rings (SSSR count). The zero-order valence-corrected chi connectivity index (χ0v) is 8.58. The summed E-state index contributed by atoms with van der Waals surface area (Å²) in [5, 5.41) is 0. The standard InChI is InChI=1S/C10H21N3/c1-12-2-4-13(5-3-12)8-10-6-9(10)7-11/h9-10H,2-8,11H2,1H3/t9-,10-/m1/s1. The van der Waals surface area contributed by atoms with Crippen molar-refractivity contribution in [2.45, 2.75) is 6.42 Å². The van der Waals surface area contributed by atoms with Crippen LogP contribution < -0.4 is 5.73 Å². The molecule has 0 spiro atoms. The highest BCUT2D eigenvalue weighted by atomic mass is 15.2. The van der Waals surface area contributed by atoms with E-state index in [1.807, 2.05) is 0 Å². The van der Waals surface area contributed by atoms with Crippen molar-refractivity contribution in [2.75, 3.05) is 46.3 Å². The number of nitrogens with two attached hydrogens (primary N) is 1. The fraction of sp³-hybridized carbons (Fsp3) is 1.00. The van der Waals surface area contributed by atoms with Gasteiger partial charge in [-0.1, -0.05) is 0 Å². The molecule has 76 valence electrons. The van der Waals surface area contributed by atoms with Gasteiger partial charge in [-0.25, -0.2) is 0 Å². The van der Waals surface area contributed by atoms with E-state index in [2.05, 4.69) is 16.8 Å². The number of hydrogen-bond donors (Lipinski definition) is 1. The minimum absolute atomic E-state index is 0.847. The summed E-state index contributed by atoms with van der Waals surface area (Å²) in [5.41, 5.74) is 5.62. The van der Waals surface area contributed by atoms with Crippen LogP contribution in [0.1, 0.15) is 6.42 Å². The lowest BCUT2D eigenvalue weighted by Crippen LogP contribution is -2.45. The van der Waals surface area contributed by atoms with Gasteiger partial charge in [0.25, 0.3) is 0 Å². The van der Waals surface area contributed by atoms with Crippen LogP contribution in [0.25, 0.3) is 0 Å². The Labute approximate surface area is 80.9 Å². The van der Waals surface area contributed by atoms with E-state index in [1.54, 1.807) is 0 Å². The van der Waals surface area contributed by atoms with Crippen molar-refractivity contribution in [1.82, 2.24) is 9.80 Å². The van der Waals surface area contributed by atoms with Crippen LogP contribution >= 0.6 is 0 Å². The predicted molar refractivity (Wildman–Crippen MR) is 54.6 cm³/mol. The summed E-state index contributed by atoms with van der Waals surface area (Å²) in [7, 11) is 2.21. The van der Waals surface area contributed by atoms with Crippen LogP contribution in [0.5, 0.6) is 0 Å². The second kappa shape index (κ2) is 3.95. The first-order chi connectivity index (χ1) is 6.29. The van der Waals surface area contributed by atoms with Crippen LogP contribution in [0.4, 0.5) is 0 Å². The van der Waals surface area contributed by atoms with Crippen LogP contribution in [0.15, 0.2) is 0 Å². The molecule has 2 fully saturated rings. The minimum Gasteiger partial charge on any atom is -0.330 e. The molecule has 3 heteroatoms. The highest BCUT2D eigenvalue weighted by Crippen LogP contribution is 2.37. The fourth-order valence-corrected chi connectivity index (χ4v) is 2.18. The smallest absolute Gasteiger partial charge is 0.0110 e. The third kappa shape index (κ3) is 2.42. The lowest BCUT2D eigenvalue weighted by atomic mass is 10.2. The number of likely N-dealkylation sites (N-methyl/N-ethyl adjacent to an activating group) is 1. The van der Waals surface area contributed by atoms with Crippen molar-refractivity contribution in [3.05, 3.63) is 0 Å². The van der Waals surface area contributed by atoms with Crippen molar-refractivity contribution < 1.29 is 0 Å². The van der Waals surface area contributed by atoms with E-state index in [-0.39, 0.29) is 0 Å². The van der Waals surface area contributed by atoms with Crippen LogP contribution in [0.2, 0.25) is 0 Å². The molecule has 2 atom stereocenters. The van der Waals surface area contributed by atoms with Crippen molar-refractivity contribution in [3.63, 3.8) is 0 Å². The predicted octanol–water partition coefficient (Wildman–Crippen LogP) is -0.171. The summed E-state index contributed by atoms with van der Waals surface area (Å²) in [5.74, 6) is 1.77. The Morgan fingerprint density at radius 1 is 1.15 bits per heavy atom. The van der Waals surface area contributed by atoms with Crippen LogP contribution in [-0.2, 0) is 0 Å². The molecule has 0 aromatic carbocycles. The van der Waals surface area contributed by atoms with Gasteiger partial charge in [0.15, 0.2) is 0 Å². The quantitative estimate of drug-likeness (QED) is 0.659. The molecular weight excluding hydrogens is 162 g/mol. The zero-order valence-electron chi connectivity index (χ0n) is 8.58. The molecule has 2 N–H and O–H groups in total. The van der Waals surface area contributed by atoms with Crippen molar-refractivity contribution in [3.8, 4) is 0 Å². The molecule has 0 unspecified atom stereocenters. The molecule has 1 heterocycles. The number of rotatable bonds is 3. The lowest BCUT2D eigenvalue weighted by molar-refractivity contribution is 0.147. The summed E-state index contributed by atoms with van der Waals surface area (Å²) >= 11 is 0. The topological polar surface area (TPSA) is 32.5 Å². The second-order valence-corrected chi connectivity index (χ2v) is 4.60. The number of piperazine rings is 1. The van der Waals surface area contributed by atoms with Gasteiger partial charge in [0.1, 0.15) is 0 Å². The van der Waals surface area contributed by atoms with E-state index in [0.717, 1.165) is 18.4 Å². The van der Waals surface area contributed by atoms with E-state index in [0.29, 0.717) is 0 Å². The molecule has 1 aliphatic heterocycles. The third-order valence-electron chi connectivity index (χ3n) is 3.46. The van der Waals surface area contributed by atoms with Crippen molar-refractivity contribution >= 4 is 0 Å². The van der Waals surface area contributed by atoms with Crippen LogP contribution in [0.3, 0.4) is 0 Å². The summed E-state index contributed by atoms with van der Waals surface area (Å²) in [6, 6.07) is 0. The van der Waals surface area contributed by atoms with Gasteiger partial charge in [-0.05, 0) is 31.8 Å². The summed E-state index contributed by atoms with van der Waals surface area (Å²) in [4.78, 5) is 5.00. The number of hydrogen-bond acceptors (Lipinski definition) is 3. The average molecular weight is 183 g/mol. The Morgan fingerprint density at radius 2 is 1.85 bits per heavy atom. The minimum atomic E-state index is 0.847. The zero-order chi connectivity index (χ0) is 9.26. The summed E-state index contributed by atoms with van der Waals surface area (Å²) in [6.07, 6.45) is 1.38. The Balaban J connectivity index is 1.66. The van der Waals surface area contributed by atoms with Gasteiger partial charge < -0.3 is 15.5 Å². The Kier molecular flexibility index (Phi) is 2.86. The van der Waals surface area contributed by atoms with Gasteiger partial charge >= 0.3 is 0 Å². The van der Waals surface area contributed by atoms with Gasteiger partial charge in [-0.15, -0.1) is 0 Å². The van der Waals surface area contributed by atoms with E-state index in [1.165, 1.54) is 39.1 Å². The van der Waals surface area contributed by atoms with Crippen LogP contribution in [-0.4, -0.2) is 56.1 Å². The fourth-order valence-electron chi connectivity index (χ4n) is 2.18. The second-order valence-electron chi connectivity index (χ2n) is 4.60. The van der Waals surface area contributed by atoms with E-state index >= 15 is 0 Å². The van der Waals surface area contributed by atoms with Gasteiger partial charge in [-0.3, -0.25) is 0 Å². The maximum atomic E-state index is 5.62. The molecule has 3 nitrogen and oxygen atoms in total. The largest absolute Gasteiger partial charge is 0.330 e. The van der Waals surface area contributed by atoms with Crippen LogP contribution in [0, 0.1) is 11.8 Å². The van der Waals surface area contributed by atoms with E-state index in [9.17, 15) is 0 Å². The SMILES string of the molecule is CN1CCN(C[C@H]2C[C@@H]2CN)CC1. The first-order valence-electron chi connectivity index (χ1n) is 5.40. The van der Waals surface area contributed by atoms with Crippen molar-refractivity contribution in [2.24, 2.45) is 17.6 Å². The Morgan fingerprint density at radius 3 is 2.38 bits per heavy atom. The number of nitrogens with zero attached hydrogens (tertiary/aromatic N) is 2. The lowest BCUT2D eigenvalue weighted by Gasteiger charge is -2.32. The Hall–Kier alpha value is -0.120. The van der Waals surface area contributed by atoms with Gasteiger partial charge in [0.05, 0.1) is 0 Å². The molecule has 0 aromatic rings. The molecule has 1 saturated carbocycles. The Bertz CT molecular complexity index is 164. The molecule has 0 aromatic heterocycles. The molecular formula is C10H21N3. The maximum absolute atomic E-state index is 5.62. The summed E-state index contributed by atoms with van der Waals surface area (Å²) in [6.45, 7) is 7.18. The molecule has 0 radical (unpaired) electrons. The maximum Gasteiger partial charge on any atom is 0.0110 e. The summed E-state index contributed by atoms with van der Waals surface area (Å²) < 4.78 is 0. The molecule has 2 aliphatic rings. The monoisotopic (exact) mass is 183 g/mol. The first-order valence-corrected chi connectivity index (χ1v) is 5.40. The highest BCUT2D eigenvalue weighted by molar-refractivity contribution is 4.89. The molecule has 13 heavy (non-hydrogen) atoms. The van der Waals surface area contributed by atoms with Gasteiger partial charge in [0, 0.05) is 32.7 Å².